The van der Waals surface area contributed by atoms with Crippen LogP contribution < -0.4 is 4.90 Å². The molecule has 1 N–H and O–H groups in total. The van der Waals surface area contributed by atoms with Crippen LogP contribution in [0.1, 0.15) is 12.0 Å². The minimum absolute atomic E-state index is 0.0743. The summed E-state index contributed by atoms with van der Waals surface area (Å²) in [5, 5.41) is 9.77. The number of aliphatic hydroxyl groups excluding tert-OH is 1. The molecule has 1 fully saturated rings. The van der Waals surface area contributed by atoms with Gasteiger partial charge >= 0.3 is 0 Å². The second-order valence-corrected chi connectivity index (χ2v) is 4.04. The summed E-state index contributed by atoms with van der Waals surface area (Å²) in [5.74, 6) is -0.0743. The number of carbonyl (C=O) groups is 1. The number of pyridine rings is 1. The maximum Gasteiger partial charge on any atom is 0.229 e. The summed E-state index contributed by atoms with van der Waals surface area (Å²) < 4.78 is 0. The van der Waals surface area contributed by atoms with Crippen molar-refractivity contribution >= 4 is 23.2 Å². The van der Waals surface area contributed by atoms with Crippen molar-refractivity contribution in [3.8, 4) is 0 Å². The van der Waals surface area contributed by atoms with Crippen molar-refractivity contribution in [1.29, 1.82) is 0 Å². The summed E-state index contributed by atoms with van der Waals surface area (Å²) in [5.41, 5.74) is 1.61. The molecule has 0 radical (unpaired) electrons. The fourth-order valence-corrected chi connectivity index (χ4v) is 1.93. The first-order chi connectivity index (χ1) is 7.08. The van der Waals surface area contributed by atoms with Crippen LogP contribution in [0.2, 0.25) is 5.15 Å². The molecule has 1 saturated heterocycles. The largest absolute Gasteiger partial charge is 0.391 e. The molecule has 5 heteroatoms. The van der Waals surface area contributed by atoms with Crippen LogP contribution >= 0.6 is 11.6 Å². The van der Waals surface area contributed by atoms with Crippen LogP contribution in [0.5, 0.6) is 0 Å². The molecule has 1 aliphatic rings. The van der Waals surface area contributed by atoms with Gasteiger partial charge in [-0.15, -0.1) is 0 Å². The first-order valence-electron chi connectivity index (χ1n) is 4.68. The smallest absolute Gasteiger partial charge is 0.229 e. The van der Waals surface area contributed by atoms with E-state index in [2.05, 4.69) is 4.98 Å². The number of β-amino-alcohol motifs (C(OH)–C–C–N with tert-alkyl or cyclic N) is 1. The number of aromatic nitrogens is 1. The molecule has 0 bridgehead atoms. The summed E-state index contributed by atoms with van der Waals surface area (Å²) in [6.07, 6.45) is 1.17. The number of carbonyl (C=O) groups excluding carboxylic acids is 1. The van der Waals surface area contributed by atoms with E-state index >= 15 is 0 Å². The Kier molecular flexibility index (Phi) is 2.63. The second-order valence-electron chi connectivity index (χ2n) is 3.66. The highest BCUT2D eigenvalue weighted by atomic mass is 35.5. The highest BCUT2D eigenvalue weighted by Crippen LogP contribution is 2.25. The Hall–Kier alpha value is -1.13. The molecule has 0 aromatic carbocycles. The molecule has 2 heterocycles. The summed E-state index contributed by atoms with van der Waals surface area (Å²) in [6.45, 7) is 2.20. The quantitative estimate of drug-likeness (QED) is 0.731. The molecule has 2 rings (SSSR count). The van der Waals surface area contributed by atoms with Gasteiger partial charge in [-0.1, -0.05) is 11.6 Å². The fourth-order valence-electron chi connectivity index (χ4n) is 1.72. The predicted octanol–water partition coefficient (Wildman–Crippen LogP) is 1.14. The Morgan fingerprint density at radius 2 is 2.40 bits per heavy atom. The summed E-state index contributed by atoms with van der Waals surface area (Å²) in [6, 6.07) is 1.70. The monoisotopic (exact) mass is 226 g/mol. The van der Waals surface area contributed by atoms with Crippen molar-refractivity contribution in [2.24, 2.45) is 0 Å². The summed E-state index contributed by atoms with van der Waals surface area (Å²) >= 11 is 5.72. The van der Waals surface area contributed by atoms with Gasteiger partial charge in [0.1, 0.15) is 5.15 Å². The maximum atomic E-state index is 11.5. The Morgan fingerprint density at radius 1 is 1.67 bits per heavy atom. The summed E-state index contributed by atoms with van der Waals surface area (Å²) in [4.78, 5) is 17.0. The summed E-state index contributed by atoms with van der Waals surface area (Å²) in [7, 11) is 0. The van der Waals surface area contributed by atoms with Crippen LogP contribution in [-0.2, 0) is 4.79 Å². The van der Waals surface area contributed by atoms with Crippen molar-refractivity contribution in [2.45, 2.75) is 19.4 Å². The second kappa shape index (κ2) is 3.79. The zero-order valence-corrected chi connectivity index (χ0v) is 9.03. The van der Waals surface area contributed by atoms with Gasteiger partial charge in [0.2, 0.25) is 5.91 Å². The van der Waals surface area contributed by atoms with E-state index in [0.717, 1.165) is 11.3 Å². The maximum absolute atomic E-state index is 11.5. The molecule has 80 valence electrons. The molecule has 15 heavy (non-hydrogen) atoms. The zero-order valence-electron chi connectivity index (χ0n) is 8.27. The van der Waals surface area contributed by atoms with Gasteiger partial charge in [-0.25, -0.2) is 4.98 Å². The standard InChI is InChI=1S/C10H11ClN2O2/c1-6-2-9(11)12-4-8(6)13-5-7(14)3-10(13)15/h2,4,7,14H,3,5H2,1H3. The van der Waals surface area contributed by atoms with Crippen LogP contribution in [0.25, 0.3) is 0 Å². The number of anilines is 1. The van der Waals surface area contributed by atoms with E-state index in [1.165, 1.54) is 0 Å². The van der Waals surface area contributed by atoms with Gasteiger partial charge in [-0.3, -0.25) is 4.79 Å². The predicted molar refractivity (Wildman–Crippen MR) is 57.0 cm³/mol. The highest BCUT2D eigenvalue weighted by Gasteiger charge is 2.30. The van der Waals surface area contributed by atoms with Crippen LogP contribution in [0, 0.1) is 6.92 Å². The lowest BCUT2D eigenvalue weighted by atomic mass is 10.2. The molecule has 1 amide bonds. The van der Waals surface area contributed by atoms with Crippen LogP contribution in [0.4, 0.5) is 5.69 Å². The molecule has 1 aromatic heterocycles. The van der Waals surface area contributed by atoms with Crippen molar-refractivity contribution < 1.29 is 9.90 Å². The SMILES string of the molecule is Cc1cc(Cl)ncc1N1CC(O)CC1=O. The molecular weight excluding hydrogens is 216 g/mol. The molecule has 4 nitrogen and oxygen atoms in total. The van der Waals surface area contributed by atoms with Crippen molar-refractivity contribution in [3.05, 3.63) is 23.0 Å². The molecule has 0 aliphatic carbocycles. The minimum atomic E-state index is -0.576. The lowest BCUT2D eigenvalue weighted by molar-refractivity contribution is -0.117. The first kappa shape index (κ1) is 10.4. The van der Waals surface area contributed by atoms with E-state index in [1.807, 2.05) is 6.92 Å². The lowest BCUT2D eigenvalue weighted by Gasteiger charge is -2.17. The van der Waals surface area contributed by atoms with Gasteiger partial charge in [0.05, 0.1) is 31.0 Å². The van der Waals surface area contributed by atoms with E-state index in [9.17, 15) is 9.90 Å². The van der Waals surface area contributed by atoms with Gasteiger partial charge in [0, 0.05) is 0 Å². The van der Waals surface area contributed by atoms with Crippen molar-refractivity contribution in [2.75, 3.05) is 11.4 Å². The average Bonchev–Trinajstić information content (AvgIpc) is 2.45. The minimum Gasteiger partial charge on any atom is -0.391 e. The van der Waals surface area contributed by atoms with E-state index < -0.39 is 6.10 Å². The van der Waals surface area contributed by atoms with Crippen LogP contribution in [-0.4, -0.2) is 28.6 Å². The molecule has 1 aromatic rings. The van der Waals surface area contributed by atoms with Gasteiger partial charge in [-0.2, -0.15) is 0 Å². The normalized spacial score (nSPS) is 21.1. The lowest BCUT2D eigenvalue weighted by Crippen LogP contribution is -2.26. The fraction of sp³-hybridized carbons (Fsp3) is 0.400. The van der Waals surface area contributed by atoms with Crippen molar-refractivity contribution in [1.82, 2.24) is 4.98 Å². The Labute approximate surface area is 92.5 Å². The third-order valence-electron chi connectivity index (χ3n) is 2.45. The van der Waals surface area contributed by atoms with E-state index in [0.29, 0.717) is 11.7 Å². The Bertz CT molecular complexity index is 408. The van der Waals surface area contributed by atoms with Gasteiger partial charge in [0.25, 0.3) is 0 Å². The third-order valence-corrected chi connectivity index (χ3v) is 2.65. The van der Waals surface area contributed by atoms with E-state index in [4.69, 9.17) is 11.6 Å². The number of hydrogen-bond donors (Lipinski definition) is 1. The molecule has 0 spiro atoms. The number of amides is 1. The van der Waals surface area contributed by atoms with Gasteiger partial charge in [0.15, 0.2) is 0 Å². The topological polar surface area (TPSA) is 53.4 Å². The van der Waals surface area contributed by atoms with E-state index in [1.54, 1.807) is 17.2 Å². The Morgan fingerprint density at radius 3 is 2.93 bits per heavy atom. The third kappa shape index (κ3) is 1.96. The molecule has 1 unspecified atom stereocenters. The molecule has 0 saturated carbocycles. The number of aryl methyl sites for hydroxylation is 1. The van der Waals surface area contributed by atoms with Gasteiger partial charge in [-0.05, 0) is 18.6 Å². The molecular formula is C10H11ClN2O2. The molecule has 1 aliphatic heterocycles. The zero-order chi connectivity index (χ0) is 11.0. The number of nitrogens with zero attached hydrogens (tertiary/aromatic N) is 2. The van der Waals surface area contributed by atoms with Gasteiger partial charge < -0.3 is 10.0 Å². The number of halogens is 1. The van der Waals surface area contributed by atoms with Crippen LogP contribution in [0.3, 0.4) is 0 Å². The number of hydrogen-bond acceptors (Lipinski definition) is 3. The number of rotatable bonds is 1. The average molecular weight is 227 g/mol. The van der Waals surface area contributed by atoms with Crippen molar-refractivity contribution in [3.63, 3.8) is 0 Å². The number of aliphatic hydroxyl groups is 1. The molecule has 1 atom stereocenters. The first-order valence-corrected chi connectivity index (χ1v) is 5.06. The van der Waals surface area contributed by atoms with E-state index in [-0.39, 0.29) is 12.3 Å². The van der Waals surface area contributed by atoms with Crippen LogP contribution in [0.15, 0.2) is 12.3 Å². The highest BCUT2D eigenvalue weighted by molar-refractivity contribution is 6.29. The Balaban J connectivity index is 2.34.